The molecule has 0 radical (unpaired) electrons. The lowest BCUT2D eigenvalue weighted by atomic mass is 10.3. The fraction of sp³-hybridized carbons (Fsp3) is 0.571. The van der Waals surface area contributed by atoms with Crippen LogP contribution in [0.15, 0.2) is 12.4 Å². The monoisotopic (exact) mass is 155 g/mol. The predicted octanol–water partition coefficient (Wildman–Crippen LogP) is 0.238. The number of rotatable bonds is 4. The molecule has 0 amide bonds. The average molecular weight is 155 g/mol. The number of nitrogens with two attached hydrogens (primary N) is 1. The molecule has 0 unspecified atom stereocenters. The molecule has 11 heavy (non-hydrogen) atoms. The van der Waals surface area contributed by atoms with Crippen molar-refractivity contribution >= 4 is 5.95 Å². The Hall–Kier alpha value is -1.03. The highest BCUT2D eigenvalue weighted by Crippen LogP contribution is 2.01. The summed E-state index contributed by atoms with van der Waals surface area (Å²) in [4.78, 5) is 3.87. The van der Waals surface area contributed by atoms with E-state index >= 15 is 0 Å². The number of aliphatic hydroxyl groups excluding tert-OH is 1. The Balaban J connectivity index is 2.32. The van der Waals surface area contributed by atoms with Gasteiger partial charge in [-0.2, -0.15) is 0 Å². The third kappa shape index (κ3) is 2.23. The first kappa shape index (κ1) is 8.07. The Morgan fingerprint density at radius 3 is 2.91 bits per heavy atom. The van der Waals surface area contributed by atoms with E-state index in [1.54, 1.807) is 6.20 Å². The number of hydrogen-bond donors (Lipinski definition) is 2. The number of hydrogen-bond acceptors (Lipinski definition) is 3. The molecule has 0 aliphatic carbocycles. The first-order chi connectivity index (χ1) is 5.34. The number of anilines is 1. The Labute approximate surface area is 65.7 Å². The van der Waals surface area contributed by atoms with Crippen molar-refractivity contribution in [3.8, 4) is 0 Å². The summed E-state index contributed by atoms with van der Waals surface area (Å²) in [6.45, 7) is 1.08. The lowest BCUT2D eigenvalue weighted by Crippen LogP contribution is -2.02. The maximum Gasteiger partial charge on any atom is 0.200 e. The molecule has 0 aliphatic rings. The molecule has 0 aromatic carbocycles. The van der Waals surface area contributed by atoms with Gasteiger partial charge in [-0.25, -0.2) is 4.98 Å². The summed E-state index contributed by atoms with van der Waals surface area (Å²) < 4.78 is 1.87. The van der Waals surface area contributed by atoms with Crippen molar-refractivity contribution in [2.24, 2.45) is 0 Å². The summed E-state index contributed by atoms with van der Waals surface area (Å²) in [6.07, 6.45) is 5.27. The first-order valence-electron chi connectivity index (χ1n) is 3.72. The fourth-order valence-corrected chi connectivity index (χ4v) is 0.924. The number of aromatic nitrogens is 2. The van der Waals surface area contributed by atoms with Crippen LogP contribution in [0.5, 0.6) is 0 Å². The molecule has 4 heteroatoms. The number of nitrogens with zero attached hydrogens (tertiary/aromatic N) is 2. The molecule has 1 aromatic rings. The van der Waals surface area contributed by atoms with Gasteiger partial charge in [-0.1, -0.05) is 0 Å². The van der Waals surface area contributed by atoms with Gasteiger partial charge in [-0.15, -0.1) is 0 Å². The zero-order valence-electron chi connectivity index (χ0n) is 6.40. The highest BCUT2D eigenvalue weighted by atomic mass is 16.2. The van der Waals surface area contributed by atoms with Gasteiger partial charge in [0.25, 0.3) is 0 Å². The standard InChI is InChI=1S/C7H13N3O/c8-7-9-3-5-10(7)4-1-2-6-11/h3,5,11H,1-2,4,6H2,(H2,8,9). The van der Waals surface area contributed by atoms with Crippen LogP contribution >= 0.6 is 0 Å². The molecule has 1 aromatic heterocycles. The van der Waals surface area contributed by atoms with Crippen LogP contribution in [-0.4, -0.2) is 21.3 Å². The van der Waals surface area contributed by atoms with Crippen molar-refractivity contribution in [3.05, 3.63) is 12.4 Å². The van der Waals surface area contributed by atoms with Gasteiger partial charge in [0.05, 0.1) is 0 Å². The van der Waals surface area contributed by atoms with Crippen molar-refractivity contribution in [3.63, 3.8) is 0 Å². The first-order valence-corrected chi connectivity index (χ1v) is 3.72. The van der Waals surface area contributed by atoms with E-state index in [1.165, 1.54) is 0 Å². The minimum Gasteiger partial charge on any atom is -0.396 e. The van der Waals surface area contributed by atoms with E-state index in [9.17, 15) is 0 Å². The Morgan fingerprint density at radius 2 is 2.36 bits per heavy atom. The minimum atomic E-state index is 0.245. The molecule has 62 valence electrons. The highest BCUT2D eigenvalue weighted by Gasteiger charge is 1.95. The number of imidazole rings is 1. The van der Waals surface area contributed by atoms with Crippen LogP contribution in [0.4, 0.5) is 5.95 Å². The Kier molecular flexibility index (Phi) is 2.92. The number of aliphatic hydroxyl groups is 1. The van der Waals surface area contributed by atoms with Crippen molar-refractivity contribution < 1.29 is 5.11 Å². The van der Waals surface area contributed by atoms with Crippen LogP contribution in [0, 0.1) is 0 Å². The predicted molar refractivity (Wildman–Crippen MR) is 43.0 cm³/mol. The van der Waals surface area contributed by atoms with E-state index in [1.807, 2.05) is 10.8 Å². The van der Waals surface area contributed by atoms with Crippen LogP contribution in [-0.2, 0) is 6.54 Å². The molecule has 1 heterocycles. The van der Waals surface area contributed by atoms with Gasteiger partial charge in [0.15, 0.2) is 5.95 Å². The van der Waals surface area contributed by atoms with Crippen LogP contribution in [0.25, 0.3) is 0 Å². The van der Waals surface area contributed by atoms with Crippen molar-refractivity contribution in [1.82, 2.24) is 9.55 Å². The second-order valence-corrected chi connectivity index (χ2v) is 2.41. The molecule has 3 N–H and O–H groups in total. The summed E-state index contributed by atoms with van der Waals surface area (Å²) in [6, 6.07) is 0. The smallest absolute Gasteiger partial charge is 0.200 e. The maximum absolute atomic E-state index is 8.51. The second kappa shape index (κ2) is 3.98. The van der Waals surface area contributed by atoms with E-state index in [-0.39, 0.29) is 6.61 Å². The largest absolute Gasteiger partial charge is 0.396 e. The van der Waals surface area contributed by atoms with Crippen LogP contribution in [0.1, 0.15) is 12.8 Å². The molecule has 0 fully saturated rings. The van der Waals surface area contributed by atoms with Crippen LogP contribution in [0.2, 0.25) is 0 Å². The molecular formula is C7H13N3O. The summed E-state index contributed by atoms with van der Waals surface area (Å²) in [5.74, 6) is 0.544. The van der Waals surface area contributed by atoms with Crippen molar-refractivity contribution in [2.75, 3.05) is 12.3 Å². The molecule has 1 rings (SSSR count). The lowest BCUT2D eigenvalue weighted by molar-refractivity contribution is 0.281. The molecular weight excluding hydrogens is 142 g/mol. The molecule has 0 bridgehead atoms. The van der Waals surface area contributed by atoms with Gasteiger partial charge in [-0.05, 0) is 12.8 Å². The lowest BCUT2D eigenvalue weighted by Gasteiger charge is -2.01. The summed E-state index contributed by atoms with van der Waals surface area (Å²) in [5, 5.41) is 8.51. The minimum absolute atomic E-state index is 0.245. The van der Waals surface area contributed by atoms with Gasteiger partial charge in [0, 0.05) is 25.5 Å². The quantitative estimate of drug-likeness (QED) is 0.612. The van der Waals surface area contributed by atoms with Crippen LogP contribution < -0.4 is 5.73 Å². The van der Waals surface area contributed by atoms with Gasteiger partial charge in [0.2, 0.25) is 0 Å². The number of unbranched alkanes of at least 4 members (excludes halogenated alkanes) is 1. The van der Waals surface area contributed by atoms with E-state index in [2.05, 4.69) is 4.98 Å². The van der Waals surface area contributed by atoms with E-state index in [0.29, 0.717) is 5.95 Å². The Morgan fingerprint density at radius 1 is 1.55 bits per heavy atom. The SMILES string of the molecule is Nc1nccn1CCCCO. The van der Waals surface area contributed by atoms with Crippen LogP contribution in [0.3, 0.4) is 0 Å². The van der Waals surface area contributed by atoms with Gasteiger partial charge in [-0.3, -0.25) is 0 Å². The summed E-state index contributed by atoms with van der Waals surface area (Å²) in [7, 11) is 0. The number of nitrogen functional groups attached to an aromatic ring is 1. The number of aryl methyl sites for hydroxylation is 1. The van der Waals surface area contributed by atoms with Gasteiger partial charge in [0.1, 0.15) is 0 Å². The molecule has 0 atom stereocenters. The zero-order valence-corrected chi connectivity index (χ0v) is 6.40. The molecule has 0 saturated carbocycles. The highest BCUT2D eigenvalue weighted by molar-refractivity contribution is 5.16. The van der Waals surface area contributed by atoms with Crippen molar-refractivity contribution in [2.45, 2.75) is 19.4 Å². The topological polar surface area (TPSA) is 64.1 Å². The fourth-order valence-electron chi connectivity index (χ4n) is 0.924. The molecule has 4 nitrogen and oxygen atoms in total. The second-order valence-electron chi connectivity index (χ2n) is 2.41. The van der Waals surface area contributed by atoms with E-state index in [0.717, 1.165) is 19.4 Å². The normalized spacial score (nSPS) is 10.3. The summed E-state index contributed by atoms with van der Waals surface area (Å²) >= 11 is 0. The van der Waals surface area contributed by atoms with Gasteiger partial charge >= 0.3 is 0 Å². The van der Waals surface area contributed by atoms with E-state index in [4.69, 9.17) is 10.8 Å². The van der Waals surface area contributed by atoms with Gasteiger partial charge < -0.3 is 15.4 Å². The third-order valence-electron chi connectivity index (χ3n) is 1.55. The molecule has 0 aliphatic heterocycles. The third-order valence-corrected chi connectivity index (χ3v) is 1.55. The average Bonchev–Trinajstić information content (AvgIpc) is 2.37. The maximum atomic E-state index is 8.51. The van der Waals surface area contributed by atoms with Crippen molar-refractivity contribution in [1.29, 1.82) is 0 Å². The Bertz CT molecular complexity index is 209. The zero-order chi connectivity index (χ0) is 8.10. The van der Waals surface area contributed by atoms with E-state index < -0.39 is 0 Å². The summed E-state index contributed by atoms with van der Waals surface area (Å²) in [5.41, 5.74) is 5.51. The molecule has 0 saturated heterocycles. The molecule has 0 spiro atoms.